The first kappa shape index (κ1) is 19.6. The van der Waals surface area contributed by atoms with Gasteiger partial charge in [0.15, 0.2) is 0 Å². The first-order valence-corrected chi connectivity index (χ1v) is 11.4. The van der Waals surface area contributed by atoms with Crippen molar-refractivity contribution in [1.29, 1.82) is 0 Å². The van der Waals surface area contributed by atoms with Gasteiger partial charge in [-0.05, 0) is 87.3 Å². The van der Waals surface area contributed by atoms with E-state index in [0.717, 1.165) is 32.1 Å². The number of hydrogen-bond donors (Lipinski definition) is 2. The summed E-state index contributed by atoms with van der Waals surface area (Å²) in [4.78, 5) is 40.0. The number of nitrogens with zero attached hydrogens (tertiary/aromatic N) is 1. The van der Waals surface area contributed by atoms with E-state index < -0.39 is 6.04 Å². The molecule has 0 radical (unpaired) electrons. The summed E-state index contributed by atoms with van der Waals surface area (Å²) in [6.07, 6.45) is 8.60. The highest BCUT2D eigenvalue weighted by molar-refractivity contribution is 5.99. The van der Waals surface area contributed by atoms with Gasteiger partial charge in [-0.3, -0.25) is 14.4 Å². The maximum absolute atomic E-state index is 13.7. The molecule has 5 fully saturated rings. The minimum Gasteiger partial charge on any atom is -0.330 e. The molecule has 1 atom stereocenters. The topological polar surface area (TPSA) is 78.5 Å². The van der Waals surface area contributed by atoms with E-state index in [0.29, 0.717) is 35.7 Å². The summed E-state index contributed by atoms with van der Waals surface area (Å²) in [6, 6.07) is 6.75. The molecule has 4 aliphatic carbocycles. The van der Waals surface area contributed by atoms with Crippen LogP contribution in [0.3, 0.4) is 0 Å². The average molecular weight is 410 g/mol. The summed E-state index contributed by atoms with van der Waals surface area (Å²) in [6.45, 7) is 2.14. The van der Waals surface area contributed by atoms with Crippen molar-refractivity contribution in [2.45, 2.75) is 64.3 Å². The van der Waals surface area contributed by atoms with E-state index in [2.05, 4.69) is 10.6 Å². The van der Waals surface area contributed by atoms with Gasteiger partial charge in [0.2, 0.25) is 17.7 Å². The largest absolute Gasteiger partial charge is 0.330 e. The molecule has 6 heteroatoms. The van der Waals surface area contributed by atoms with E-state index in [4.69, 9.17) is 0 Å². The quantitative estimate of drug-likeness (QED) is 0.794. The lowest BCUT2D eigenvalue weighted by Gasteiger charge is -2.56. The number of benzene rings is 1. The molecule has 0 spiro atoms. The number of hydrogen-bond acceptors (Lipinski definition) is 3. The average Bonchev–Trinajstić information content (AvgIpc) is 3.16. The fourth-order valence-corrected chi connectivity index (χ4v) is 7.06. The van der Waals surface area contributed by atoms with E-state index >= 15 is 0 Å². The molecule has 2 N–H and O–H groups in total. The molecule has 4 bridgehead atoms. The van der Waals surface area contributed by atoms with Crippen LogP contribution >= 0.6 is 0 Å². The number of rotatable bonds is 4. The highest BCUT2D eigenvalue weighted by Gasteiger charge is 2.56. The Morgan fingerprint density at radius 3 is 2.17 bits per heavy atom. The van der Waals surface area contributed by atoms with Gasteiger partial charge in [-0.1, -0.05) is 6.07 Å². The zero-order valence-corrected chi connectivity index (χ0v) is 17.7. The monoisotopic (exact) mass is 409 g/mol. The minimum absolute atomic E-state index is 0.120. The lowest BCUT2D eigenvalue weighted by atomic mass is 9.49. The molecule has 4 saturated carbocycles. The van der Waals surface area contributed by atoms with Crippen molar-refractivity contribution in [3.63, 3.8) is 0 Å². The van der Waals surface area contributed by atoms with Gasteiger partial charge in [0, 0.05) is 24.8 Å². The summed E-state index contributed by atoms with van der Waals surface area (Å²) in [7, 11) is 0. The molecule has 160 valence electrons. The van der Waals surface area contributed by atoms with E-state index in [9.17, 15) is 14.4 Å². The lowest BCUT2D eigenvalue weighted by Crippen LogP contribution is -2.56. The zero-order chi connectivity index (χ0) is 20.9. The molecule has 0 aromatic heterocycles. The van der Waals surface area contributed by atoms with Gasteiger partial charge in [-0.2, -0.15) is 0 Å². The third-order valence-electron chi connectivity index (χ3n) is 7.76. The first-order valence-electron chi connectivity index (χ1n) is 11.4. The Morgan fingerprint density at radius 2 is 1.57 bits per heavy atom. The number of amides is 3. The van der Waals surface area contributed by atoms with Crippen molar-refractivity contribution in [3.8, 4) is 0 Å². The normalized spacial score (nSPS) is 34.1. The molecule has 1 aromatic rings. The molecule has 5 aliphatic rings. The molecule has 1 aliphatic heterocycles. The Labute approximate surface area is 177 Å². The molecule has 0 unspecified atom stereocenters. The van der Waals surface area contributed by atoms with Crippen LogP contribution in [0.4, 0.5) is 11.4 Å². The van der Waals surface area contributed by atoms with Crippen molar-refractivity contribution in [1.82, 2.24) is 4.90 Å². The molecule has 6 rings (SSSR count). The van der Waals surface area contributed by atoms with Gasteiger partial charge in [0.25, 0.3) is 0 Å². The van der Waals surface area contributed by atoms with Crippen molar-refractivity contribution >= 4 is 29.1 Å². The van der Waals surface area contributed by atoms with Crippen molar-refractivity contribution in [2.75, 3.05) is 17.2 Å². The molecule has 1 aromatic carbocycles. The highest BCUT2D eigenvalue weighted by Crippen LogP contribution is 2.60. The van der Waals surface area contributed by atoms with Crippen LogP contribution in [0.2, 0.25) is 0 Å². The number of nitrogens with one attached hydrogen (secondary N) is 2. The van der Waals surface area contributed by atoms with Gasteiger partial charge in [-0.15, -0.1) is 0 Å². The molecule has 1 saturated heterocycles. The molecule has 1 heterocycles. The van der Waals surface area contributed by atoms with Crippen LogP contribution in [0.1, 0.15) is 58.3 Å². The second kappa shape index (κ2) is 7.40. The van der Waals surface area contributed by atoms with Crippen molar-refractivity contribution in [3.05, 3.63) is 24.3 Å². The van der Waals surface area contributed by atoms with Crippen molar-refractivity contribution in [2.24, 2.45) is 23.2 Å². The van der Waals surface area contributed by atoms with E-state index in [1.54, 1.807) is 18.2 Å². The highest BCUT2D eigenvalue weighted by atomic mass is 16.2. The number of anilines is 2. The van der Waals surface area contributed by atoms with Crippen LogP contribution in [-0.2, 0) is 14.4 Å². The van der Waals surface area contributed by atoms with Crippen molar-refractivity contribution < 1.29 is 14.4 Å². The van der Waals surface area contributed by atoms with Crippen LogP contribution in [0.5, 0.6) is 0 Å². The SMILES string of the molecule is CC(=O)Nc1cccc(NC(=O)[C@@H]2CCCN2C(=O)C23CC4CC(CC(C4)C2)C3)c1. The van der Waals surface area contributed by atoms with Crippen LogP contribution < -0.4 is 10.6 Å². The van der Waals surface area contributed by atoms with E-state index in [-0.39, 0.29) is 23.1 Å². The first-order chi connectivity index (χ1) is 14.4. The van der Waals surface area contributed by atoms with E-state index in [1.165, 1.54) is 26.2 Å². The van der Waals surface area contributed by atoms with E-state index in [1.807, 2.05) is 11.0 Å². The predicted molar refractivity (Wildman–Crippen MR) is 115 cm³/mol. The summed E-state index contributed by atoms with van der Waals surface area (Å²) >= 11 is 0. The molecule has 30 heavy (non-hydrogen) atoms. The van der Waals surface area contributed by atoms with Gasteiger partial charge in [-0.25, -0.2) is 0 Å². The van der Waals surface area contributed by atoms with Gasteiger partial charge < -0.3 is 15.5 Å². The maximum Gasteiger partial charge on any atom is 0.247 e. The Morgan fingerprint density at radius 1 is 0.967 bits per heavy atom. The molecule has 6 nitrogen and oxygen atoms in total. The lowest BCUT2D eigenvalue weighted by molar-refractivity contribution is -0.160. The number of carbonyl (C=O) groups excluding carboxylic acids is 3. The van der Waals surface area contributed by atoms with Crippen LogP contribution in [-0.4, -0.2) is 35.2 Å². The summed E-state index contributed by atoms with van der Waals surface area (Å²) in [5, 5.41) is 5.71. The van der Waals surface area contributed by atoms with Crippen LogP contribution in [0.15, 0.2) is 24.3 Å². The Hall–Kier alpha value is -2.37. The van der Waals surface area contributed by atoms with Gasteiger partial charge in [0.1, 0.15) is 6.04 Å². The fourth-order valence-electron chi connectivity index (χ4n) is 7.06. The fraction of sp³-hybridized carbons (Fsp3) is 0.625. The maximum atomic E-state index is 13.7. The Kier molecular flexibility index (Phi) is 4.83. The predicted octanol–water partition coefficient (Wildman–Crippen LogP) is 3.79. The number of carbonyl (C=O) groups is 3. The molecular weight excluding hydrogens is 378 g/mol. The molecular formula is C24H31N3O3. The Bertz CT molecular complexity index is 845. The zero-order valence-electron chi connectivity index (χ0n) is 17.7. The second-order valence-electron chi connectivity index (χ2n) is 10.1. The third-order valence-corrected chi connectivity index (χ3v) is 7.76. The smallest absolute Gasteiger partial charge is 0.247 e. The summed E-state index contributed by atoms with van der Waals surface area (Å²) in [5.74, 6) is 2.11. The minimum atomic E-state index is -0.394. The van der Waals surface area contributed by atoms with Crippen LogP contribution in [0, 0.1) is 23.2 Å². The third kappa shape index (κ3) is 3.50. The Balaban J connectivity index is 1.30. The van der Waals surface area contributed by atoms with Gasteiger partial charge >= 0.3 is 0 Å². The summed E-state index contributed by atoms with van der Waals surface area (Å²) in [5.41, 5.74) is 1.08. The van der Waals surface area contributed by atoms with Crippen LogP contribution in [0.25, 0.3) is 0 Å². The summed E-state index contributed by atoms with van der Waals surface area (Å²) < 4.78 is 0. The number of likely N-dealkylation sites (tertiary alicyclic amines) is 1. The standard InChI is InChI=1S/C24H31N3O3/c1-15(28)25-19-4-2-5-20(11-19)26-22(29)21-6-3-7-27(21)23(30)24-12-16-8-17(13-24)10-18(9-16)14-24/h2,4-5,11,16-18,21H,3,6-10,12-14H2,1H3,(H,25,28)(H,26,29)/t16?,17?,18?,21-,24?/m0/s1. The second-order valence-corrected chi connectivity index (χ2v) is 10.1. The van der Waals surface area contributed by atoms with Gasteiger partial charge in [0.05, 0.1) is 5.41 Å². The molecule has 3 amide bonds.